The highest BCUT2D eigenvalue weighted by Crippen LogP contribution is 2.20. The molecule has 0 radical (unpaired) electrons. The summed E-state index contributed by atoms with van der Waals surface area (Å²) in [5, 5.41) is 0. The van der Waals surface area contributed by atoms with Crippen LogP contribution in [0.4, 0.5) is 5.69 Å². The summed E-state index contributed by atoms with van der Waals surface area (Å²) in [4.78, 5) is 18.7. The number of likely N-dealkylation sites (N-methyl/N-ethyl adjacent to an activating group) is 1. The molecule has 0 atom stereocenters. The Labute approximate surface area is 154 Å². The number of piperazine rings is 1. The van der Waals surface area contributed by atoms with E-state index in [4.69, 9.17) is 9.15 Å². The lowest BCUT2D eigenvalue weighted by Crippen LogP contribution is -2.49. The zero-order valence-electron chi connectivity index (χ0n) is 15.8. The third kappa shape index (κ3) is 4.58. The van der Waals surface area contributed by atoms with E-state index in [1.54, 1.807) is 12.0 Å². The van der Waals surface area contributed by atoms with Gasteiger partial charge < -0.3 is 19.0 Å². The molecule has 0 bridgehead atoms. The maximum absolute atomic E-state index is 12.5. The largest absolute Gasteiger partial charge is 0.497 e. The molecule has 1 amide bonds. The van der Waals surface area contributed by atoms with E-state index in [0.717, 1.165) is 43.4 Å². The average Bonchev–Trinajstić information content (AvgIpc) is 3.07. The van der Waals surface area contributed by atoms with Crippen LogP contribution in [0, 0.1) is 6.92 Å². The molecular formula is C20H27N3O3. The maximum atomic E-state index is 12.5. The minimum Gasteiger partial charge on any atom is -0.497 e. The van der Waals surface area contributed by atoms with Gasteiger partial charge >= 0.3 is 0 Å². The second-order valence-corrected chi connectivity index (χ2v) is 6.72. The van der Waals surface area contributed by atoms with Crippen molar-refractivity contribution in [1.82, 2.24) is 9.80 Å². The van der Waals surface area contributed by atoms with Crippen LogP contribution in [-0.2, 0) is 11.3 Å². The first-order chi connectivity index (χ1) is 12.5. The van der Waals surface area contributed by atoms with Gasteiger partial charge in [-0.3, -0.25) is 9.69 Å². The van der Waals surface area contributed by atoms with Crippen LogP contribution < -0.4 is 9.64 Å². The van der Waals surface area contributed by atoms with Crippen LogP contribution in [0.2, 0.25) is 0 Å². The number of carbonyl (C=O) groups is 1. The Kier molecular flexibility index (Phi) is 5.83. The van der Waals surface area contributed by atoms with E-state index in [1.165, 1.54) is 5.69 Å². The number of nitrogens with zero attached hydrogens (tertiary/aromatic N) is 3. The average molecular weight is 357 g/mol. The molecule has 1 fully saturated rings. The van der Waals surface area contributed by atoms with Gasteiger partial charge in [-0.15, -0.1) is 0 Å². The van der Waals surface area contributed by atoms with Gasteiger partial charge in [0, 0.05) is 38.9 Å². The molecule has 0 N–H and O–H groups in total. The van der Waals surface area contributed by atoms with Crippen molar-refractivity contribution in [2.24, 2.45) is 0 Å². The summed E-state index contributed by atoms with van der Waals surface area (Å²) < 4.78 is 10.8. The van der Waals surface area contributed by atoms with E-state index in [9.17, 15) is 4.79 Å². The molecule has 1 aliphatic rings. The topological polar surface area (TPSA) is 49.2 Å². The normalized spacial score (nSPS) is 15.1. The first kappa shape index (κ1) is 18.3. The summed E-state index contributed by atoms with van der Waals surface area (Å²) in [6, 6.07) is 12.0. The molecule has 0 aliphatic carbocycles. The molecule has 0 unspecified atom stereocenters. The molecule has 140 valence electrons. The second-order valence-electron chi connectivity index (χ2n) is 6.72. The quantitative estimate of drug-likeness (QED) is 0.794. The van der Waals surface area contributed by atoms with Gasteiger partial charge in [0.15, 0.2) is 0 Å². The van der Waals surface area contributed by atoms with Crippen molar-refractivity contribution in [3.63, 3.8) is 0 Å². The number of ether oxygens (including phenoxy) is 1. The monoisotopic (exact) mass is 357 g/mol. The van der Waals surface area contributed by atoms with E-state index in [0.29, 0.717) is 13.1 Å². The Morgan fingerprint density at radius 1 is 1.12 bits per heavy atom. The van der Waals surface area contributed by atoms with E-state index in [-0.39, 0.29) is 5.91 Å². The van der Waals surface area contributed by atoms with Crippen molar-refractivity contribution in [1.29, 1.82) is 0 Å². The lowest BCUT2D eigenvalue weighted by molar-refractivity contribution is -0.132. The van der Waals surface area contributed by atoms with E-state index < -0.39 is 0 Å². The van der Waals surface area contributed by atoms with Crippen molar-refractivity contribution in [2.75, 3.05) is 51.8 Å². The van der Waals surface area contributed by atoms with Crippen LogP contribution in [0.25, 0.3) is 0 Å². The third-order valence-corrected chi connectivity index (χ3v) is 4.78. The Balaban J connectivity index is 1.46. The molecule has 2 aromatic rings. The zero-order chi connectivity index (χ0) is 18.5. The summed E-state index contributed by atoms with van der Waals surface area (Å²) in [5.74, 6) is 2.68. The minimum absolute atomic E-state index is 0.122. The number of rotatable bonds is 6. The van der Waals surface area contributed by atoms with E-state index in [2.05, 4.69) is 21.9 Å². The van der Waals surface area contributed by atoms with Crippen molar-refractivity contribution < 1.29 is 13.9 Å². The van der Waals surface area contributed by atoms with Gasteiger partial charge in [-0.25, -0.2) is 0 Å². The molecular weight excluding hydrogens is 330 g/mol. The molecule has 0 spiro atoms. The van der Waals surface area contributed by atoms with Gasteiger partial charge in [0.2, 0.25) is 5.91 Å². The molecule has 6 heteroatoms. The first-order valence-corrected chi connectivity index (χ1v) is 8.96. The molecule has 6 nitrogen and oxygen atoms in total. The number of methoxy groups -OCH3 is 1. The van der Waals surface area contributed by atoms with Gasteiger partial charge in [0.05, 0.1) is 20.2 Å². The summed E-state index contributed by atoms with van der Waals surface area (Å²) >= 11 is 0. The molecule has 26 heavy (non-hydrogen) atoms. The van der Waals surface area contributed by atoms with Crippen LogP contribution in [0.3, 0.4) is 0 Å². The predicted octanol–water partition coefficient (Wildman–Crippen LogP) is 2.38. The van der Waals surface area contributed by atoms with Crippen molar-refractivity contribution in [2.45, 2.75) is 13.5 Å². The predicted molar refractivity (Wildman–Crippen MR) is 102 cm³/mol. The maximum Gasteiger partial charge on any atom is 0.236 e. The Morgan fingerprint density at radius 3 is 2.38 bits per heavy atom. The highest BCUT2D eigenvalue weighted by molar-refractivity contribution is 5.78. The molecule has 1 aromatic carbocycles. The number of amides is 1. The SMILES string of the molecule is COc1ccc(N2CCN(CC(=O)N(C)Cc3ccc(C)o3)CC2)cc1. The van der Waals surface area contributed by atoms with Crippen molar-refractivity contribution in [3.05, 3.63) is 47.9 Å². The zero-order valence-corrected chi connectivity index (χ0v) is 15.8. The molecule has 1 aliphatic heterocycles. The summed E-state index contributed by atoms with van der Waals surface area (Å²) in [6.07, 6.45) is 0. The number of furan rings is 1. The molecule has 1 aromatic heterocycles. The highest BCUT2D eigenvalue weighted by Gasteiger charge is 2.21. The van der Waals surface area contributed by atoms with Gasteiger partial charge in [-0.2, -0.15) is 0 Å². The van der Waals surface area contributed by atoms with E-state index in [1.807, 2.05) is 38.2 Å². The molecule has 3 rings (SSSR count). The van der Waals surface area contributed by atoms with Crippen LogP contribution in [0.5, 0.6) is 5.75 Å². The lowest BCUT2D eigenvalue weighted by atomic mass is 10.2. The lowest BCUT2D eigenvalue weighted by Gasteiger charge is -2.36. The summed E-state index contributed by atoms with van der Waals surface area (Å²) in [7, 11) is 3.50. The van der Waals surface area contributed by atoms with Crippen molar-refractivity contribution >= 4 is 11.6 Å². The van der Waals surface area contributed by atoms with Crippen LogP contribution in [0.1, 0.15) is 11.5 Å². The smallest absolute Gasteiger partial charge is 0.236 e. The van der Waals surface area contributed by atoms with Gasteiger partial charge in [0.1, 0.15) is 17.3 Å². The summed E-state index contributed by atoms with van der Waals surface area (Å²) in [6.45, 7) is 6.47. The van der Waals surface area contributed by atoms with E-state index >= 15 is 0 Å². The van der Waals surface area contributed by atoms with Crippen LogP contribution in [-0.4, -0.2) is 62.6 Å². The minimum atomic E-state index is 0.122. The Bertz CT molecular complexity index is 718. The van der Waals surface area contributed by atoms with Crippen LogP contribution in [0.15, 0.2) is 40.8 Å². The second kappa shape index (κ2) is 8.27. The number of benzene rings is 1. The fourth-order valence-corrected chi connectivity index (χ4v) is 3.16. The standard InChI is InChI=1S/C20H27N3O3/c1-16-4-7-19(26-16)14-21(2)20(24)15-22-10-12-23(13-11-22)17-5-8-18(25-3)9-6-17/h4-9H,10-15H2,1-3H3. The first-order valence-electron chi connectivity index (χ1n) is 8.96. The number of carbonyl (C=O) groups excluding carboxylic acids is 1. The fraction of sp³-hybridized carbons (Fsp3) is 0.450. The molecule has 1 saturated heterocycles. The Morgan fingerprint density at radius 2 is 1.81 bits per heavy atom. The third-order valence-electron chi connectivity index (χ3n) is 4.78. The van der Waals surface area contributed by atoms with Gasteiger partial charge in [0.25, 0.3) is 0 Å². The van der Waals surface area contributed by atoms with Gasteiger partial charge in [-0.05, 0) is 43.3 Å². The van der Waals surface area contributed by atoms with Crippen LogP contribution >= 0.6 is 0 Å². The number of anilines is 1. The van der Waals surface area contributed by atoms with Gasteiger partial charge in [-0.1, -0.05) is 0 Å². The highest BCUT2D eigenvalue weighted by atomic mass is 16.5. The number of aryl methyl sites for hydroxylation is 1. The number of hydrogen-bond acceptors (Lipinski definition) is 5. The Hall–Kier alpha value is -2.47. The molecule has 2 heterocycles. The number of hydrogen-bond donors (Lipinski definition) is 0. The molecule has 0 saturated carbocycles. The summed E-state index contributed by atoms with van der Waals surface area (Å²) in [5.41, 5.74) is 1.20. The van der Waals surface area contributed by atoms with Crippen molar-refractivity contribution in [3.8, 4) is 5.75 Å². The fourth-order valence-electron chi connectivity index (χ4n) is 3.16.